The van der Waals surface area contributed by atoms with Crippen LogP contribution in [0.25, 0.3) is 0 Å². The quantitative estimate of drug-likeness (QED) is 0.691. The summed E-state index contributed by atoms with van der Waals surface area (Å²) in [5, 5.41) is 3.57. The standard InChI is InChI=1S/C23H25F3N2O/c24-23(25,26)22(29)28(18-9-5-2-6-10-18)15-20(17-7-3-1-4-8-17)19-13-21(19)27-14-16-11-12-16/h1-10,16,19-21,27H,11-15H2. The molecule has 3 unspecified atom stereocenters. The molecule has 2 saturated carbocycles. The van der Waals surface area contributed by atoms with Crippen LogP contribution in [0.2, 0.25) is 0 Å². The van der Waals surface area contributed by atoms with Crippen molar-refractivity contribution in [2.45, 2.75) is 37.4 Å². The SMILES string of the molecule is O=C(N(CC(c1ccccc1)C1CC1NCC1CC1)c1ccccc1)C(F)(F)F. The van der Waals surface area contributed by atoms with Crippen LogP contribution in [0.5, 0.6) is 0 Å². The predicted molar refractivity (Wildman–Crippen MR) is 107 cm³/mol. The van der Waals surface area contributed by atoms with E-state index in [1.54, 1.807) is 30.3 Å². The Morgan fingerprint density at radius 1 is 1.03 bits per heavy atom. The van der Waals surface area contributed by atoms with Gasteiger partial charge in [-0.25, -0.2) is 0 Å². The smallest absolute Gasteiger partial charge is 0.313 e. The minimum absolute atomic E-state index is 0.0125. The van der Waals surface area contributed by atoms with E-state index in [0.29, 0.717) is 6.04 Å². The molecule has 2 aliphatic carbocycles. The van der Waals surface area contributed by atoms with E-state index in [1.807, 2.05) is 30.3 Å². The zero-order valence-corrected chi connectivity index (χ0v) is 16.1. The monoisotopic (exact) mass is 402 g/mol. The maximum absolute atomic E-state index is 13.3. The molecule has 29 heavy (non-hydrogen) atoms. The molecule has 1 amide bonds. The number of para-hydroxylation sites is 1. The van der Waals surface area contributed by atoms with Gasteiger partial charge in [0.25, 0.3) is 0 Å². The first-order valence-electron chi connectivity index (χ1n) is 10.2. The second-order valence-corrected chi connectivity index (χ2v) is 8.12. The Bertz CT molecular complexity index is 821. The molecule has 0 saturated heterocycles. The molecule has 2 aliphatic rings. The molecule has 3 nitrogen and oxygen atoms in total. The summed E-state index contributed by atoms with van der Waals surface area (Å²) in [6.45, 7) is 0.991. The highest BCUT2D eigenvalue weighted by Crippen LogP contribution is 2.45. The molecule has 2 fully saturated rings. The van der Waals surface area contributed by atoms with Crippen molar-refractivity contribution in [2.75, 3.05) is 18.0 Å². The molecule has 3 atom stereocenters. The molecule has 2 aromatic carbocycles. The van der Waals surface area contributed by atoms with E-state index in [4.69, 9.17) is 0 Å². The lowest BCUT2D eigenvalue weighted by Crippen LogP contribution is -2.44. The highest BCUT2D eigenvalue weighted by atomic mass is 19.4. The Hall–Kier alpha value is -2.34. The number of anilines is 1. The zero-order chi connectivity index (χ0) is 20.4. The number of rotatable bonds is 8. The largest absolute Gasteiger partial charge is 0.471 e. The van der Waals surface area contributed by atoms with Gasteiger partial charge in [0.1, 0.15) is 0 Å². The van der Waals surface area contributed by atoms with Crippen LogP contribution in [-0.2, 0) is 4.79 Å². The number of benzene rings is 2. The van der Waals surface area contributed by atoms with Crippen LogP contribution >= 0.6 is 0 Å². The Balaban J connectivity index is 1.57. The third-order valence-corrected chi connectivity index (χ3v) is 5.88. The predicted octanol–water partition coefficient (Wildman–Crippen LogP) is 4.75. The second kappa shape index (κ2) is 8.19. The summed E-state index contributed by atoms with van der Waals surface area (Å²) >= 11 is 0. The maximum Gasteiger partial charge on any atom is 0.471 e. The highest BCUT2D eigenvalue weighted by Gasteiger charge is 2.48. The van der Waals surface area contributed by atoms with Crippen molar-refractivity contribution < 1.29 is 18.0 Å². The van der Waals surface area contributed by atoms with E-state index in [2.05, 4.69) is 5.32 Å². The lowest BCUT2D eigenvalue weighted by Gasteiger charge is -2.29. The van der Waals surface area contributed by atoms with Crippen LogP contribution in [0.4, 0.5) is 18.9 Å². The average Bonchev–Trinajstić information content (AvgIpc) is 3.63. The molecule has 0 bridgehead atoms. The first kappa shape index (κ1) is 20.0. The van der Waals surface area contributed by atoms with Crippen molar-refractivity contribution in [1.29, 1.82) is 0 Å². The first-order chi connectivity index (χ1) is 13.9. The number of nitrogens with zero attached hydrogens (tertiary/aromatic N) is 1. The fraction of sp³-hybridized carbons (Fsp3) is 0.435. The first-order valence-corrected chi connectivity index (χ1v) is 10.2. The molecule has 0 heterocycles. The Morgan fingerprint density at radius 3 is 2.24 bits per heavy atom. The minimum Gasteiger partial charge on any atom is -0.313 e. The summed E-state index contributed by atoms with van der Waals surface area (Å²) in [6.07, 6.45) is -1.47. The van der Waals surface area contributed by atoms with Crippen molar-refractivity contribution >= 4 is 11.6 Å². The molecule has 0 spiro atoms. The number of hydrogen-bond acceptors (Lipinski definition) is 2. The molecular weight excluding hydrogens is 377 g/mol. The van der Waals surface area contributed by atoms with Crippen molar-refractivity contribution in [3.05, 3.63) is 66.2 Å². The van der Waals surface area contributed by atoms with Crippen molar-refractivity contribution in [1.82, 2.24) is 5.32 Å². The van der Waals surface area contributed by atoms with E-state index >= 15 is 0 Å². The number of alkyl halides is 3. The molecule has 4 rings (SSSR count). The zero-order valence-electron chi connectivity index (χ0n) is 16.1. The van der Waals surface area contributed by atoms with Gasteiger partial charge in [-0.2, -0.15) is 13.2 Å². The van der Waals surface area contributed by atoms with Gasteiger partial charge in [-0.3, -0.25) is 4.79 Å². The van der Waals surface area contributed by atoms with Gasteiger partial charge in [0.15, 0.2) is 0 Å². The van der Waals surface area contributed by atoms with Gasteiger partial charge in [0, 0.05) is 24.2 Å². The Kier molecular flexibility index (Phi) is 5.63. The van der Waals surface area contributed by atoms with Crippen molar-refractivity contribution in [3.63, 3.8) is 0 Å². The van der Waals surface area contributed by atoms with Crippen LogP contribution in [0, 0.1) is 11.8 Å². The van der Waals surface area contributed by atoms with E-state index < -0.39 is 12.1 Å². The number of carbonyl (C=O) groups excluding carboxylic acids is 1. The van der Waals surface area contributed by atoms with Crippen LogP contribution in [0.1, 0.15) is 30.7 Å². The summed E-state index contributed by atoms with van der Waals surface area (Å²) in [5.74, 6) is -0.991. The van der Waals surface area contributed by atoms with E-state index in [-0.39, 0.29) is 24.1 Å². The van der Waals surface area contributed by atoms with Gasteiger partial charge >= 0.3 is 12.1 Å². The third kappa shape index (κ3) is 4.99. The van der Waals surface area contributed by atoms with E-state index in [1.165, 1.54) is 12.8 Å². The average molecular weight is 402 g/mol. The van der Waals surface area contributed by atoms with Crippen LogP contribution in [0.3, 0.4) is 0 Å². The number of amides is 1. The highest BCUT2D eigenvalue weighted by molar-refractivity contribution is 5.97. The number of halogens is 3. The summed E-state index contributed by atoms with van der Waals surface area (Å²) in [6, 6.07) is 18.0. The van der Waals surface area contributed by atoms with Gasteiger partial charge in [-0.05, 0) is 55.3 Å². The van der Waals surface area contributed by atoms with Crippen LogP contribution in [0.15, 0.2) is 60.7 Å². The molecule has 0 aromatic heterocycles. The normalized spacial score (nSPS) is 22.2. The lowest BCUT2D eigenvalue weighted by atomic mass is 9.92. The number of nitrogens with one attached hydrogen (secondary N) is 1. The molecule has 6 heteroatoms. The van der Waals surface area contributed by atoms with E-state index in [9.17, 15) is 18.0 Å². The summed E-state index contributed by atoms with van der Waals surface area (Å²) in [4.78, 5) is 13.2. The molecule has 1 N–H and O–H groups in total. The van der Waals surface area contributed by atoms with Crippen molar-refractivity contribution in [2.24, 2.45) is 11.8 Å². The van der Waals surface area contributed by atoms with Crippen LogP contribution in [-0.4, -0.2) is 31.2 Å². The Morgan fingerprint density at radius 2 is 1.66 bits per heavy atom. The van der Waals surface area contributed by atoms with Crippen molar-refractivity contribution in [3.8, 4) is 0 Å². The Labute approximate surface area is 168 Å². The maximum atomic E-state index is 13.3. The lowest BCUT2D eigenvalue weighted by molar-refractivity contribution is -0.170. The van der Waals surface area contributed by atoms with Gasteiger partial charge in [0.05, 0.1) is 0 Å². The molecule has 2 aromatic rings. The van der Waals surface area contributed by atoms with Gasteiger partial charge in [0.2, 0.25) is 0 Å². The number of hydrogen-bond donors (Lipinski definition) is 1. The van der Waals surface area contributed by atoms with Crippen LogP contribution < -0.4 is 10.2 Å². The van der Waals surface area contributed by atoms with E-state index in [0.717, 1.165) is 29.3 Å². The molecular formula is C23H25F3N2O. The topological polar surface area (TPSA) is 32.3 Å². The fourth-order valence-electron chi connectivity index (χ4n) is 3.99. The van der Waals surface area contributed by atoms with Gasteiger partial charge < -0.3 is 10.2 Å². The molecule has 154 valence electrons. The summed E-state index contributed by atoms with van der Waals surface area (Å²) in [5.41, 5.74) is 1.25. The van der Waals surface area contributed by atoms with Gasteiger partial charge in [-0.15, -0.1) is 0 Å². The molecule has 0 radical (unpaired) electrons. The third-order valence-electron chi connectivity index (χ3n) is 5.88. The second-order valence-electron chi connectivity index (χ2n) is 8.12. The van der Waals surface area contributed by atoms with Gasteiger partial charge in [-0.1, -0.05) is 48.5 Å². The minimum atomic E-state index is -4.91. The summed E-state index contributed by atoms with van der Waals surface area (Å²) in [7, 11) is 0. The fourth-order valence-corrected chi connectivity index (χ4v) is 3.99. The number of carbonyl (C=O) groups is 1. The molecule has 0 aliphatic heterocycles. The summed E-state index contributed by atoms with van der Waals surface area (Å²) < 4.78 is 40.0.